The van der Waals surface area contributed by atoms with Crippen LogP contribution in [0.15, 0.2) is 16.7 Å². The van der Waals surface area contributed by atoms with Crippen LogP contribution in [0.3, 0.4) is 0 Å². The normalized spacial score (nSPS) is 11.3. The van der Waals surface area contributed by atoms with Crippen LogP contribution in [-0.2, 0) is 0 Å². The first-order valence-electron chi connectivity index (χ1n) is 4.89. The van der Waals surface area contributed by atoms with E-state index in [1.165, 1.54) is 0 Å². The fourth-order valence-corrected chi connectivity index (χ4v) is 1.54. The Morgan fingerprint density at radius 3 is 2.75 bits per heavy atom. The van der Waals surface area contributed by atoms with Crippen molar-refractivity contribution in [3.05, 3.63) is 27.5 Å². The zero-order valence-corrected chi connectivity index (χ0v) is 11.8. The van der Waals surface area contributed by atoms with Crippen LogP contribution in [0.5, 0.6) is 0 Å². The molecule has 0 unspecified atom stereocenters. The molecule has 1 aromatic rings. The Morgan fingerprint density at radius 2 is 2.19 bits per heavy atom. The van der Waals surface area contributed by atoms with E-state index in [0.717, 1.165) is 4.47 Å². The molecule has 1 aromatic heterocycles. The Kier molecular flexibility index (Phi) is 4.33. The van der Waals surface area contributed by atoms with Gasteiger partial charge < -0.3 is 5.32 Å². The van der Waals surface area contributed by atoms with Gasteiger partial charge in [-0.25, -0.2) is 4.98 Å². The van der Waals surface area contributed by atoms with Gasteiger partial charge in [0, 0.05) is 17.2 Å². The van der Waals surface area contributed by atoms with Crippen LogP contribution >= 0.6 is 27.5 Å². The third-order valence-corrected chi connectivity index (χ3v) is 2.56. The number of pyridine rings is 1. The molecular weight excluding hydrogens is 291 g/mol. The standard InChI is InChI=1S/C11H14BrClN2O/c1-11(2,3)6-15-10(16)8-4-7(12)5-14-9(8)13/h4-5H,6H2,1-3H3,(H,15,16). The molecule has 0 bridgehead atoms. The summed E-state index contributed by atoms with van der Waals surface area (Å²) < 4.78 is 0.734. The van der Waals surface area contributed by atoms with Crippen molar-refractivity contribution in [3.8, 4) is 0 Å². The van der Waals surface area contributed by atoms with Gasteiger partial charge in [0.15, 0.2) is 0 Å². The summed E-state index contributed by atoms with van der Waals surface area (Å²) in [6.45, 7) is 6.74. The number of carbonyl (C=O) groups is 1. The molecule has 88 valence electrons. The molecule has 5 heteroatoms. The van der Waals surface area contributed by atoms with Gasteiger partial charge >= 0.3 is 0 Å². The second-order valence-electron chi connectivity index (χ2n) is 4.74. The number of nitrogens with zero attached hydrogens (tertiary/aromatic N) is 1. The fraction of sp³-hybridized carbons (Fsp3) is 0.455. The quantitative estimate of drug-likeness (QED) is 0.852. The summed E-state index contributed by atoms with van der Waals surface area (Å²) in [6, 6.07) is 1.66. The fourth-order valence-electron chi connectivity index (χ4n) is 1.02. The number of rotatable bonds is 2. The van der Waals surface area contributed by atoms with Crippen molar-refractivity contribution < 1.29 is 4.79 Å². The highest BCUT2D eigenvalue weighted by molar-refractivity contribution is 9.10. The lowest BCUT2D eigenvalue weighted by Crippen LogP contribution is -2.32. The van der Waals surface area contributed by atoms with Crippen molar-refractivity contribution in [3.63, 3.8) is 0 Å². The van der Waals surface area contributed by atoms with Crippen molar-refractivity contribution in [2.75, 3.05) is 6.54 Å². The predicted molar refractivity (Wildman–Crippen MR) is 68.7 cm³/mol. The first kappa shape index (κ1) is 13.5. The average molecular weight is 306 g/mol. The second-order valence-corrected chi connectivity index (χ2v) is 6.01. The van der Waals surface area contributed by atoms with Crippen molar-refractivity contribution in [1.82, 2.24) is 10.3 Å². The highest BCUT2D eigenvalue weighted by Gasteiger charge is 2.15. The molecule has 0 atom stereocenters. The van der Waals surface area contributed by atoms with Crippen LogP contribution in [0.25, 0.3) is 0 Å². The van der Waals surface area contributed by atoms with E-state index in [9.17, 15) is 4.79 Å². The van der Waals surface area contributed by atoms with E-state index in [1.807, 2.05) is 20.8 Å². The largest absolute Gasteiger partial charge is 0.351 e. The number of nitrogens with one attached hydrogen (secondary N) is 1. The van der Waals surface area contributed by atoms with Crippen LogP contribution in [0, 0.1) is 5.41 Å². The van der Waals surface area contributed by atoms with Gasteiger partial charge in [-0.2, -0.15) is 0 Å². The maximum absolute atomic E-state index is 11.8. The molecule has 1 rings (SSSR count). The van der Waals surface area contributed by atoms with E-state index >= 15 is 0 Å². The number of carbonyl (C=O) groups excluding carboxylic acids is 1. The number of hydrogen-bond donors (Lipinski definition) is 1. The molecule has 0 saturated heterocycles. The molecule has 0 aliphatic rings. The summed E-state index contributed by atoms with van der Waals surface area (Å²) in [7, 11) is 0. The maximum atomic E-state index is 11.8. The van der Waals surface area contributed by atoms with Crippen molar-refractivity contribution in [2.24, 2.45) is 5.41 Å². The van der Waals surface area contributed by atoms with Crippen LogP contribution in [0.1, 0.15) is 31.1 Å². The van der Waals surface area contributed by atoms with Crippen LogP contribution in [0.4, 0.5) is 0 Å². The molecular formula is C11H14BrClN2O. The van der Waals surface area contributed by atoms with E-state index in [0.29, 0.717) is 12.1 Å². The highest BCUT2D eigenvalue weighted by atomic mass is 79.9. The Labute approximate surface area is 109 Å². The maximum Gasteiger partial charge on any atom is 0.254 e. The summed E-state index contributed by atoms with van der Waals surface area (Å²) >= 11 is 9.10. The summed E-state index contributed by atoms with van der Waals surface area (Å²) in [4.78, 5) is 15.7. The summed E-state index contributed by atoms with van der Waals surface area (Å²) in [6.07, 6.45) is 1.56. The van der Waals surface area contributed by atoms with Gasteiger partial charge in [-0.15, -0.1) is 0 Å². The van der Waals surface area contributed by atoms with E-state index in [4.69, 9.17) is 11.6 Å². The van der Waals surface area contributed by atoms with Crippen LogP contribution < -0.4 is 5.32 Å². The van der Waals surface area contributed by atoms with Gasteiger partial charge in [0.2, 0.25) is 0 Å². The second kappa shape index (κ2) is 5.15. The van der Waals surface area contributed by atoms with Crippen LogP contribution in [-0.4, -0.2) is 17.4 Å². The summed E-state index contributed by atoms with van der Waals surface area (Å²) in [5.41, 5.74) is 0.432. The summed E-state index contributed by atoms with van der Waals surface area (Å²) in [5, 5.41) is 3.04. The molecule has 0 spiro atoms. The molecule has 1 amide bonds. The van der Waals surface area contributed by atoms with Crippen LogP contribution in [0.2, 0.25) is 5.15 Å². The number of aromatic nitrogens is 1. The number of halogens is 2. The molecule has 1 heterocycles. The number of hydrogen-bond acceptors (Lipinski definition) is 2. The Bertz CT molecular complexity index is 401. The Hall–Kier alpha value is -0.610. The van der Waals surface area contributed by atoms with Gasteiger partial charge in [-0.05, 0) is 27.4 Å². The minimum atomic E-state index is -0.200. The molecule has 1 N–H and O–H groups in total. The topological polar surface area (TPSA) is 42.0 Å². The monoisotopic (exact) mass is 304 g/mol. The van der Waals surface area contributed by atoms with Gasteiger partial charge in [0.25, 0.3) is 5.91 Å². The van der Waals surface area contributed by atoms with E-state index in [1.54, 1.807) is 12.3 Å². The Balaban J connectivity index is 2.77. The predicted octanol–water partition coefficient (Wildman–Crippen LogP) is 3.27. The average Bonchev–Trinajstić information content (AvgIpc) is 2.17. The van der Waals surface area contributed by atoms with E-state index in [2.05, 4.69) is 26.2 Å². The van der Waals surface area contributed by atoms with Gasteiger partial charge in [-0.1, -0.05) is 32.4 Å². The van der Waals surface area contributed by atoms with E-state index in [-0.39, 0.29) is 16.5 Å². The van der Waals surface area contributed by atoms with E-state index < -0.39 is 0 Å². The van der Waals surface area contributed by atoms with Crippen molar-refractivity contribution >= 4 is 33.4 Å². The molecule has 0 saturated carbocycles. The molecule has 0 aliphatic heterocycles. The first-order chi connectivity index (χ1) is 7.29. The minimum Gasteiger partial charge on any atom is -0.351 e. The molecule has 3 nitrogen and oxygen atoms in total. The third-order valence-electron chi connectivity index (χ3n) is 1.83. The number of amides is 1. The molecule has 16 heavy (non-hydrogen) atoms. The molecule has 0 aromatic carbocycles. The lowest BCUT2D eigenvalue weighted by molar-refractivity contribution is 0.0939. The van der Waals surface area contributed by atoms with Crippen molar-refractivity contribution in [2.45, 2.75) is 20.8 Å². The zero-order valence-electron chi connectivity index (χ0n) is 9.47. The third kappa shape index (κ3) is 4.10. The highest BCUT2D eigenvalue weighted by Crippen LogP contribution is 2.18. The molecule has 0 fully saturated rings. The van der Waals surface area contributed by atoms with Gasteiger partial charge in [-0.3, -0.25) is 4.79 Å². The SMILES string of the molecule is CC(C)(C)CNC(=O)c1cc(Br)cnc1Cl. The minimum absolute atomic E-state index is 0.0432. The lowest BCUT2D eigenvalue weighted by atomic mass is 9.97. The Morgan fingerprint density at radius 1 is 1.56 bits per heavy atom. The molecule has 0 radical (unpaired) electrons. The van der Waals surface area contributed by atoms with Crippen molar-refractivity contribution in [1.29, 1.82) is 0 Å². The van der Waals surface area contributed by atoms with Gasteiger partial charge in [0.1, 0.15) is 5.15 Å². The summed E-state index contributed by atoms with van der Waals surface area (Å²) in [5.74, 6) is -0.200. The van der Waals surface area contributed by atoms with Gasteiger partial charge in [0.05, 0.1) is 5.56 Å². The molecule has 0 aliphatic carbocycles. The first-order valence-corrected chi connectivity index (χ1v) is 6.06. The smallest absolute Gasteiger partial charge is 0.254 e. The lowest BCUT2D eigenvalue weighted by Gasteiger charge is -2.18. The zero-order chi connectivity index (χ0) is 12.3.